The summed E-state index contributed by atoms with van der Waals surface area (Å²) in [6, 6.07) is 6.33. The van der Waals surface area contributed by atoms with E-state index in [0.717, 1.165) is 27.2 Å². The Labute approximate surface area is 147 Å². The Hall–Kier alpha value is -2.54. The van der Waals surface area contributed by atoms with Gasteiger partial charge in [-0.15, -0.1) is 11.3 Å². The standard InChI is InChI=1S/C18H16FN3O2S/c1-18(17(23)24)6-7-22(9-18)15-14-13(8-25-16(14)21-10-20-15)11-2-4-12(19)5-3-11/h2-5,8,10H,6-7,9H2,1H3,(H,23,24). The lowest BCUT2D eigenvalue weighted by molar-refractivity contribution is -0.146. The number of aliphatic carboxylic acids is 1. The lowest BCUT2D eigenvalue weighted by Crippen LogP contribution is -2.32. The first-order valence-electron chi connectivity index (χ1n) is 7.94. The van der Waals surface area contributed by atoms with E-state index in [1.807, 2.05) is 10.3 Å². The number of carboxylic acids is 1. The number of carboxylic acid groups (broad SMARTS) is 1. The van der Waals surface area contributed by atoms with Crippen LogP contribution in [0.2, 0.25) is 0 Å². The highest BCUT2D eigenvalue weighted by atomic mass is 32.1. The number of halogens is 1. The molecule has 1 aliphatic rings. The number of aromatic nitrogens is 2. The maximum absolute atomic E-state index is 13.2. The summed E-state index contributed by atoms with van der Waals surface area (Å²) in [5.41, 5.74) is 1.06. The molecule has 1 saturated heterocycles. The normalized spacial score (nSPS) is 20.3. The van der Waals surface area contributed by atoms with Gasteiger partial charge < -0.3 is 10.0 Å². The number of hydrogen-bond acceptors (Lipinski definition) is 5. The van der Waals surface area contributed by atoms with Crippen LogP contribution in [0.15, 0.2) is 36.0 Å². The Morgan fingerprint density at radius 1 is 1.32 bits per heavy atom. The molecule has 3 heterocycles. The first-order valence-corrected chi connectivity index (χ1v) is 8.82. The van der Waals surface area contributed by atoms with Gasteiger partial charge in [-0.25, -0.2) is 14.4 Å². The van der Waals surface area contributed by atoms with Gasteiger partial charge >= 0.3 is 5.97 Å². The van der Waals surface area contributed by atoms with E-state index in [9.17, 15) is 14.3 Å². The highest BCUT2D eigenvalue weighted by Crippen LogP contribution is 2.41. The van der Waals surface area contributed by atoms with E-state index < -0.39 is 11.4 Å². The molecule has 0 spiro atoms. The number of fused-ring (bicyclic) bond motifs is 1. The molecule has 1 aromatic carbocycles. The van der Waals surface area contributed by atoms with Crippen molar-refractivity contribution in [1.82, 2.24) is 9.97 Å². The van der Waals surface area contributed by atoms with Crippen molar-refractivity contribution in [3.63, 3.8) is 0 Å². The third-order valence-corrected chi connectivity index (χ3v) is 5.68. The highest BCUT2D eigenvalue weighted by Gasteiger charge is 2.41. The zero-order chi connectivity index (χ0) is 17.6. The Kier molecular flexibility index (Phi) is 3.68. The molecule has 3 aromatic rings. The van der Waals surface area contributed by atoms with Crippen LogP contribution in [0.1, 0.15) is 13.3 Å². The van der Waals surface area contributed by atoms with Crippen LogP contribution in [-0.4, -0.2) is 34.1 Å². The fraction of sp³-hybridized carbons (Fsp3) is 0.278. The van der Waals surface area contributed by atoms with E-state index in [-0.39, 0.29) is 5.82 Å². The van der Waals surface area contributed by atoms with E-state index in [1.165, 1.54) is 29.8 Å². The van der Waals surface area contributed by atoms with Gasteiger partial charge in [-0.3, -0.25) is 4.79 Å². The minimum atomic E-state index is -0.788. The van der Waals surface area contributed by atoms with Gasteiger partial charge in [0.15, 0.2) is 0 Å². The van der Waals surface area contributed by atoms with Gasteiger partial charge in [0.05, 0.1) is 10.8 Å². The van der Waals surface area contributed by atoms with Crippen LogP contribution in [0, 0.1) is 11.2 Å². The van der Waals surface area contributed by atoms with Crippen molar-refractivity contribution in [2.24, 2.45) is 5.41 Å². The van der Waals surface area contributed by atoms with Crippen molar-refractivity contribution in [1.29, 1.82) is 0 Å². The number of nitrogens with zero attached hydrogens (tertiary/aromatic N) is 3. The van der Waals surface area contributed by atoms with Crippen molar-refractivity contribution in [3.05, 3.63) is 41.8 Å². The SMILES string of the molecule is CC1(C(=O)O)CCN(c2ncnc3scc(-c4ccc(F)cc4)c23)C1. The molecule has 7 heteroatoms. The van der Waals surface area contributed by atoms with Crippen molar-refractivity contribution in [2.45, 2.75) is 13.3 Å². The minimum absolute atomic E-state index is 0.281. The number of hydrogen-bond donors (Lipinski definition) is 1. The van der Waals surface area contributed by atoms with Gasteiger partial charge in [-0.2, -0.15) is 0 Å². The third kappa shape index (κ3) is 2.64. The Morgan fingerprint density at radius 2 is 2.08 bits per heavy atom. The highest BCUT2D eigenvalue weighted by molar-refractivity contribution is 7.17. The quantitative estimate of drug-likeness (QED) is 0.772. The maximum Gasteiger partial charge on any atom is 0.311 e. The average molecular weight is 357 g/mol. The van der Waals surface area contributed by atoms with Crippen LogP contribution >= 0.6 is 11.3 Å². The van der Waals surface area contributed by atoms with E-state index in [4.69, 9.17) is 0 Å². The molecular weight excluding hydrogens is 341 g/mol. The van der Waals surface area contributed by atoms with Crippen LogP contribution in [0.5, 0.6) is 0 Å². The van der Waals surface area contributed by atoms with Crippen molar-refractivity contribution < 1.29 is 14.3 Å². The second-order valence-corrected chi connectivity index (χ2v) is 7.43. The largest absolute Gasteiger partial charge is 0.481 e. The van der Waals surface area contributed by atoms with E-state index >= 15 is 0 Å². The van der Waals surface area contributed by atoms with E-state index in [0.29, 0.717) is 19.5 Å². The predicted molar refractivity (Wildman–Crippen MR) is 95.4 cm³/mol. The van der Waals surface area contributed by atoms with Crippen molar-refractivity contribution >= 4 is 33.3 Å². The first-order chi connectivity index (χ1) is 12.0. The second-order valence-electron chi connectivity index (χ2n) is 6.57. The molecule has 1 N–H and O–H groups in total. The average Bonchev–Trinajstić information content (AvgIpc) is 3.20. The zero-order valence-electron chi connectivity index (χ0n) is 13.6. The van der Waals surface area contributed by atoms with Gasteiger partial charge in [-0.05, 0) is 31.0 Å². The summed E-state index contributed by atoms with van der Waals surface area (Å²) in [6.45, 7) is 2.81. The topological polar surface area (TPSA) is 66.3 Å². The predicted octanol–water partition coefficient (Wildman–Crippen LogP) is 3.80. The van der Waals surface area contributed by atoms with E-state index in [1.54, 1.807) is 19.1 Å². The molecule has 0 bridgehead atoms. The van der Waals surface area contributed by atoms with Gasteiger partial charge in [0.1, 0.15) is 22.8 Å². The minimum Gasteiger partial charge on any atom is -0.481 e. The lowest BCUT2D eigenvalue weighted by atomic mass is 9.90. The summed E-state index contributed by atoms with van der Waals surface area (Å²) in [7, 11) is 0. The summed E-state index contributed by atoms with van der Waals surface area (Å²) < 4.78 is 13.2. The fourth-order valence-electron chi connectivity index (χ4n) is 3.26. The number of benzene rings is 1. The molecule has 0 saturated carbocycles. The summed E-state index contributed by atoms with van der Waals surface area (Å²) in [5, 5.41) is 12.4. The van der Waals surface area contributed by atoms with Crippen LogP contribution in [0.3, 0.4) is 0 Å². The summed E-state index contributed by atoms with van der Waals surface area (Å²) in [5.74, 6) is -0.323. The molecule has 5 nitrogen and oxygen atoms in total. The summed E-state index contributed by atoms with van der Waals surface area (Å²) in [6.07, 6.45) is 2.09. The lowest BCUT2D eigenvalue weighted by Gasteiger charge is -2.21. The molecule has 0 amide bonds. The van der Waals surface area contributed by atoms with Crippen LogP contribution in [-0.2, 0) is 4.79 Å². The molecule has 4 rings (SSSR count). The zero-order valence-corrected chi connectivity index (χ0v) is 14.4. The Morgan fingerprint density at radius 3 is 2.76 bits per heavy atom. The van der Waals surface area contributed by atoms with Crippen molar-refractivity contribution in [3.8, 4) is 11.1 Å². The van der Waals surface area contributed by atoms with Gasteiger partial charge in [0.2, 0.25) is 0 Å². The molecule has 1 atom stereocenters. The Bertz CT molecular complexity index is 957. The molecule has 25 heavy (non-hydrogen) atoms. The monoisotopic (exact) mass is 357 g/mol. The number of thiophene rings is 1. The summed E-state index contributed by atoms with van der Waals surface area (Å²) in [4.78, 5) is 23.2. The van der Waals surface area contributed by atoms with Crippen molar-refractivity contribution in [2.75, 3.05) is 18.0 Å². The Balaban J connectivity index is 1.82. The maximum atomic E-state index is 13.2. The molecule has 1 aliphatic heterocycles. The molecule has 2 aromatic heterocycles. The molecule has 0 aliphatic carbocycles. The van der Waals surface area contributed by atoms with Gasteiger partial charge in [0, 0.05) is 24.0 Å². The van der Waals surface area contributed by atoms with Crippen LogP contribution in [0.4, 0.5) is 10.2 Å². The van der Waals surface area contributed by atoms with Crippen LogP contribution in [0.25, 0.3) is 21.3 Å². The van der Waals surface area contributed by atoms with Crippen LogP contribution < -0.4 is 4.90 Å². The fourth-order valence-corrected chi connectivity index (χ4v) is 4.17. The smallest absolute Gasteiger partial charge is 0.311 e. The first kappa shape index (κ1) is 16.0. The third-order valence-electron chi connectivity index (χ3n) is 4.79. The van der Waals surface area contributed by atoms with Gasteiger partial charge in [-0.1, -0.05) is 12.1 Å². The second kappa shape index (κ2) is 5.77. The van der Waals surface area contributed by atoms with E-state index in [2.05, 4.69) is 9.97 Å². The number of anilines is 1. The molecule has 0 radical (unpaired) electrons. The van der Waals surface area contributed by atoms with Gasteiger partial charge in [0.25, 0.3) is 0 Å². The molecular formula is C18H16FN3O2S. The molecule has 1 fully saturated rings. The number of carbonyl (C=O) groups is 1. The molecule has 1 unspecified atom stereocenters. The summed E-state index contributed by atoms with van der Waals surface area (Å²) >= 11 is 1.50. The molecule has 128 valence electrons. The number of rotatable bonds is 3.